The fraction of sp³-hybridized carbons (Fsp3) is 1.00. The summed E-state index contributed by atoms with van der Waals surface area (Å²) in [6, 6.07) is 0. The molecule has 5 heterocycles. The van der Waals surface area contributed by atoms with Crippen LogP contribution >= 0.6 is 0 Å². The van der Waals surface area contributed by atoms with Gasteiger partial charge in [0.2, 0.25) is 11.6 Å². The van der Waals surface area contributed by atoms with Crippen molar-refractivity contribution in [3.63, 3.8) is 0 Å². The highest BCUT2D eigenvalue weighted by atomic mass is 16.8. The fourth-order valence-corrected chi connectivity index (χ4v) is 7.85. The number of hydrogen-bond donors (Lipinski definition) is 21. The van der Waals surface area contributed by atoms with Gasteiger partial charge in [0.25, 0.3) is 0 Å². The van der Waals surface area contributed by atoms with Crippen molar-refractivity contribution in [1.82, 2.24) is 0 Å². The zero-order valence-corrected chi connectivity index (χ0v) is 35.3. The summed E-state index contributed by atoms with van der Waals surface area (Å²) in [6.45, 7) is -8.89. The van der Waals surface area contributed by atoms with Crippen LogP contribution in [0.5, 0.6) is 0 Å². The number of aliphatic hydroxyl groups excluding tert-OH is 21. The quantitative estimate of drug-likeness (QED) is 0.0479. The second-order valence-corrected chi connectivity index (χ2v) is 16.8. The highest BCUT2D eigenvalue weighted by molar-refractivity contribution is 5.02. The SMILES string of the molecule is OC[C@H]1O[C@H](OC[C@@H](O)[C@@H](O)[C@H](O)C(O)CO[C@@]2(CO[C@@]3(CO)O[C@H](CO[C@H]4O[C@H](CO)[C@@H](O)[C@H](O)[C@H]4O)[C@@H](O)[C@@H]3O)O[C@H](CO[C@H]3O[C@H](CO)[C@@H](O)[C@H](O)[C@H]3O)[C@@H](O)[C@@H]2O)[C@H](O)[C@@H](O)[C@@H]1O. The third-order valence-corrected chi connectivity index (χ3v) is 12.2. The molecular weight excluding hydrogens is 928 g/mol. The van der Waals surface area contributed by atoms with Crippen molar-refractivity contribution < 1.29 is 155 Å². The summed E-state index contributed by atoms with van der Waals surface area (Å²) in [5, 5.41) is 218. The van der Waals surface area contributed by atoms with Gasteiger partial charge in [0.1, 0.15) is 148 Å². The monoisotopic (exact) mass is 992 g/mol. The van der Waals surface area contributed by atoms with E-state index in [2.05, 4.69) is 0 Å². The van der Waals surface area contributed by atoms with E-state index in [0.717, 1.165) is 0 Å². The molecule has 5 fully saturated rings. The molecule has 67 heavy (non-hydrogen) atoms. The lowest BCUT2D eigenvalue weighted by Gasteiger charge is -2.40. The third kappa shape index (κ3) is 12.0. The first kappa shape index (κ1) is 56.7. The van der Waals surface area contributed by atoms with E-state index in [0.29, 0.717) is 0 Å². The molecule has 0 aromatic rings. The summed E-state index contributed by atoms with van der Waals surface area (Å²) in [7, 11) is 0. The van der Waals surface area contributed by atoms with Crippen LogP contribution in [0.15, 0.2) is 0 Å². The van der Waals surface area contributed by atoms with Gasteiger partial charge >= 0.3 is 0 Å². The Morgan fingerprint density at radius 2 is 0.746 bits per heavy atom. The summed E-state index contributed by atoms with van der Waals surface area (Å²) in [4.78, 5) is 0. The van der Waals surface area contributed by atoms with Gasteiger partial charge in [-0.15, -0.1) is 0 Å². The van der Waals surface area contributed by atoms with E-state index < -0.39 is 224 Å². The van der Waals surface area contributed by atoms with Gasteiger partial charge in [-0.1, -0.05) is 0 Å². The minimum Gasteiger partial charge on any atom is -0.394 e. The maximum atomic E-state index is 11.4. The predicted octanol–water partition coefficient (Wildman–Crippen LogP) is -14.5. The van der Waals surface area contributed by atoms with E-state index in [1.807, 2.05) is 0 Å². The third-order valence-electron chi connectivity index (χ3n) is 12.2. The van der Waals surface area contributed by atoms with Gasteiger partial charge in [0.15, 0.2) is 18.9 Å². The van der Waals surface area contributed by atoms with Crippen LogP contribution in [0.3, 0.4) is 0 Å². The van der Waals surface area contributed by atoms with Gasteiger partial charge in [-0.25, -0.2) is 0 Å². The Morgan fingerprint density at radius 3 is 1.13 bits per heavy atom. The molecule has 0 bridgehead atoms. The van der Waals surface area contributed by atoms with E-state index in [-0.39, 0.29) is 0 Å². The molecule has 27 atom stereocenters. The Hall–Kier alpha value is -1.24. The van der Waals surface area contributed by atoms with Crippen LogP contribution in [0.2, 0.25) is 0 Å². The second kappa shape index (κ2) is 24.0. The molecular formula is C36H64O31. The molecule has 21 N–H and O–H groups in total. The van der Waals surface area contributed by atoms with Crippen LogP contribution in [-0.2, 0) is 47.4 Å². The van der Waals surface area contributed by atoms with Crippen LogP contribution in [0, 0.1) is 0 Å². The Morgan fingerprint density at radius 1 is 0.388 bits per heavy atom. The van der Waals surface area contributed by atoms with E-state index in [1.54, 1.807) is 0 Å². The van der Waals surface area contributed by atoms with E-state index in [4.69, 9.17) is 47.4 Å². The first-order chi connectivity index (χ1) is 31.5. The molecule has 0 aliphatic carbocycles. The van der Waals surface area contributed by atoms with Crippen LogP contribution in [-0.4, -0.2) is 331 Å². The highest BCUT2D eigenvalue weighted by Gasteiger charge is 2.61. The van der Waals surface area contributed by atoms with Gasteiger partial charge in [0.05, 0.1) is 46.2 Å². The van der Waals surface area contributed by atoms with E-state index in [9.17, 15) is 107 Å². The maximum Gasteiger partial charge on any atom is 0.222 e. The van der Waals surface area contributed by atoms with Crippen LogP contribution in [0.1, 0.15) is 0 Å². The maximum absolute atomic E-state index is 11.4. The first-order valence-electron chi connectivity index (χ1n) is 21.0. The van der Waals surface area contributed by atoms with Crippen molar-refractivity contribution in [3.05, 3.63) is 0 Å². The molecule has 5 aliphatic heterocycles. The summed E-state index contributed by atoms with van der Waals surface area (Å²) >= 11 is 0. The summed E-state index contributed by atoms with van der Waals surface area (Å²) in [5.41, 5.74) is 0. The zero-order valence-electron chi connectivity index (χ0n) is 35.3. The number of ether oxygens (including phenoxy) is 10. The Labute approximate surface area is 378 Å². The Kier molecular flexibility index (Phi) is 20.3. The lowest BCUT2D eigenvalue weighted by atomic mass is 9.99. The zero-order chi connectivity index (χ0) is 49.9. The topological polar surface area (TPSA) is 517 Å². The van der Waals surface area contributed by atoms with Crippen LogP contribution in [0.4, 0.5) is 0 Å². The van der Waals surface area contributed by atoms with Gasteiger partial charge < -0.3 is 155 Å². The fourth-order valence-electron chi connectivity index (χ4n) is 7.85. The smallest absolute Gasteiger partial charge is 0.222 e. The molecule has 31 heteroatoms. The van der Waals surface area contributed by atoms with Crippen molar-refractivity contribution in [2.24, 2.45) is 0 Å². The summed E-state index contributed by atoms with van der Waals surface area (Å²) in [6.07, 6.45) is -47.3. The molecule has 0 aromatic carbocycles. The minimum absolute atomic E-state index is 0.797. The normalized spacial score (nSPS) is 48.0. The van der Waals surface area contributed by atoms with Crippen molar-refractivity contribution >= 4 is 0 Å². The van der Waals surface area contributed by atoms with E-state index in [1.165, 1.54) is 0 Å². The molecule has 1 unspecified atom stereocenters. The average Bonchev–Trinajstić information content (AvgIpc) is 3.71. The Bertz CT molecular complexity index is 1490. The lowest BCUT2D eigenvalue weighted by molar-refractivity contribution is -0.349. The molecule has 5 aliphatic rings. The second-order valence-electron chi connectivity index (χ2n) is 16.8. The van der Waals surface area contributed by atoms with E-state index >= 15 is 0 Å². The van der Waals surface area contributed by atoms with Gasteiger partial charge in [-0.2, -0.15) is 0 Å². The molecule has 0 aromatic heterocycles. The summed E-state index contributed by atoms with van der Waals surface area (Å²) < 4.78 is 54.4. The van der Waals surface area contributed by atoms with Crippen LogP contribution in [0.25, 0.3) is 0 Å². The first-order valence-corrected chi connectivity index (χ1v) is 21.0. The molecule has 5 rings (SSSR count). The highest BCUT2D eigenvalue weighted by Crippen LogP contribution is 2.39. The minimum atomic E-state index is -2.81. The van der Waals surface area contributed by atoms with Crippen molar-refractivity contribution in [2.75, 3.05) is 59.5 Å². The summed E-state index contributed by atoms with van der Waals surface area (Å²) in [5.74, 6) is -5.50. The molecule has 0 amide bonds. The molecule has 394 valence electrons. The van der Waals surface area contributed by atoms with Crippen molar-refractivity contribution in [3.8, 4) is 0 Å². The van der Waals surface area contributed by atoms with Crippen molar-refractivity contribution in [1.29, 1.82) is 0 Å². The van der Waals surface area contributed by atoms with Gasteiger partial charge in [-0.3, -0.25) is 0 Å². The molecule has 0 radical (unpaired) electrons. The number of hydrogen-bond acceptors (Lipinski definition) is 31. The standard InChI is InChI=1S/C36H64O31/c37-1-12-19(45)24(50)27(53)32(63-12)58-4-10(41)17(43)18(44)11(42)5-61-36(31(57)23(49)16(67-36)7-60-34-29(55)26(52)21(47)14(3-39)65-34)9-62-35(8-40)30(56)22(48)15(66-35)6-59-33-28(54)25(51)20(46)13(2-38)64-33/h10-34,37-57H,1-9H2/t10-,11?,12-,13-,14-,15-,16-,17-,18-,19-,20-,21-,22-,23-,24+,25+,26+,27-,28-,29-,30+,31+,32+,33+,34+,35+,36+/m1/s1. The molecule has 31 nitrogen and oxygen atoms in total. The molecule has 5 saturated heterocycles. The van der Waals surface area contributed by atoms with Crippen molar-refractivity contribution in [2.45, 2.75) is 165 Å². The van der Waals surface area contributed by atoms with Gasteiger partial charge in [0, 0.05) is 0 Å². The molecule has 0 spiro atoms. The predicted molar refractivity (Wildman–Crippen MR) is 201 cm³/mol. The average molecular weight is 993 g/mol. The number of rotatable bonds is 22. The largest absolute Gasteiger partial charge is 0.394 e. The van der Waals surface area contributed by atoms with Crippen LogP contribution < -0.4 is 0 Å². The number of aliphatic hydroxyl groups is 21. The lowest BCUT2D eigenvalue weighted by Crippen LogP contribution is -2.59. The molecule has 0 saturated carbocycles. The van der Waals surface area contributed by atoms with Gasteiger partial charge in [-0.05, 0) is 0 Å². The Balaban J connectivity index is 1.29.